The van der Waals surface area contributed by atoms with Crippen molar-refractivity contribution in [2.45, 2.75) is 51.2 Å². The molecule has 1 saturated heterocycles. The number of pyridine rings is 1. The van der Waals surface area contributed by atoms with E-state index < -0.39 is 5.97 Å². The lowest BCUT2D eigenvalue weighted by Crippen LogP contribution is -2.43. The van der Waals surface area contributed by atoms with E-state index in [0.717, 1.165) is 38.0 Å². The van der Waals surface area contributed by atoms with Crippen molar-refractivity contribution in [3.8, 4) is 0 Å². The van der Waals surface area contributed by atoms with E-state index in [1.54, 1.807) is 12.3 Å². The van der Waals surface area contributed by atoms with Crippen LogP contribution in [-0.2, 0) is 9.47 Å². The summed E-state index contributed by atoms with van der Waals surface area (Å²) in [6.45, 7) is 5.12. The van der Waals surface area contributed by atoms with Gasteiger partial charge in [0.15, 0.2) is 0 Å². The highest BCUT2D eigenvalue weighted by Crippen LogP contribution is 2.32. The van der Waals surface area contributed by atoms with Crippen LogP contribution in [0.3, 0.4) is 0 Å². The van der Waals surface area contributed by atoms with Gasteiger partial charge in [0.2, 0.25) is 0 Å². The fraction of sp³-hybridized carbons (Fsp3) is 0.625. The summed E-state index contributed by atoms with van der Waals surface area (Å²) in [5.41, 5.74) is 1.21. The third-order valence-corrected chi connectivity index (χ3v) is 4.31. The fourth-order valence-electron chi connectivity index (χ4n) is 2.87. The topological polar surface area (TPSA) is 60.5 Å². The second kappa shape index (κ2) is 6.89. The zero-order chi connectivity index (χ0) is 15.3. The molecule has 116 valence electrons. The fourth-order valence-corrected chi connectivity index (χ4v) is 2.87. The van der Waals surface area contributed by atoms with E-state index in [0.29, 0.717) is 11.7 Å². The maximum absolute atomic E-state index is 11.5. The first kappa shape index (κ1) is 15.8. The molecule has 21 heavy (non-hydrogen) atoms. The second-order valence-electron chi connectivity index (χ2n) is 5.49. The Morgan fingerprint density at radius 1 is 1.52 bits per heavy atom. The van der Waals surface area contributed by atoms with Crippen LogP contribution in [0.1, 0.15) is 50.0 Å². The van der Waals surface area contributed by atoms with Gasteiger partial charge in [-0.05, 0) is 37.8 Å². The summed E-state index contributed by atoms with van der Waals surface area (Å²) in [4.78, 5) is 15.5. The van der Waals surface area contributed by atoms with Gasteiger partial charge in [0.25, 0.3) is 0 Å². The molecule has 2 rings (SSSR count). The average molecular weight is 292 g/mol. The number of hydrogen-bond donors (Lipinski definition) is 1. The van der Waals surface area contributed by atoms with Crippen molar-refractivity contribution in [1.82, 2.24) is 4.98 Å². The molecule has 1 aliphatic rings. The third-order valence-electron chi connectivity index (χ3n) is 4.31. The van der Waals surface area contributed by atoms with Gasteiger partial charge < -0.3 is 14.8 Å². The van der Waals surface area contributed by atoms with Gasteiger partial charge in [-0.25, -0.2) is 9.78 Å². The van der Waals surface area contributed by atoms with E-state index in [9.17, 15) is 4.79 Å². The SMILES string of the molecule is CCC1(CC)CC(Nc2ccnc(C(=O)OC)c2)CCO1. The first-order valence-corrected chi connectivity index (χ1v) is 7.57. The van der Waals surface area contributed by atoms with Crippen LogP contribution >= 0.6 is 0 Å². The number of hydrogen-bond acceptors (Lipinski definition) is 5. The van der Waals surface area contributed by atoms with E-state index in [2.05, 4.69) is 24.1 Å². The molecule has 1 unspecified atom stereocenters. The largest absolute Gasteiger partial charge is 0.464 e. The van der Waals surface area contributed by atoms with E-state index >= 15 is 0 Å². The van der Waals surface area contributed by atoms with Crippen molar-refractivity contribution in [2.75, 3.05) is 19.0 Å². The Morgan fingerprint density at radius 3 is 2.95 bits per heavy atom. The number of carbonyl (C=O) groups excluding carboxylic acids is 1. The first-order valence-electron chi connectivity index (χ1n) is 7.57. The van der Waals surface area contributed by atoms with E-state index in [-0.39, 0.29) is 5.60 Å². The molecule has 5 nitrogen and oxygen atoms in total. The number of methoxy groups -OCH3 is 1. The molecule has 1 atom stereocenters. The Balaban J connectivity index is 2.06. The Hall–Kier alpha value is -1.62. The molecule has 1 aromatic rings. The third kappa shape index (κ3) is 3.73. The van der Waals surface area contributed by atoms with E-state index in [1.165, 1.54) is 7.11 Å². The molecule has 0 saturated carbocycles. The van der Waals surface area contributed by atoms with Gasteiger partial charge in [0.05, 0.1) is 12.7 Å². The number of nitrogens with one attached hydrogen (secondary N) is 1. The normalized spacial score (nSPS) is 20.8. The highest BCUT2D eigenvalue weighted by molar-refractivity contribution is 5.88. The summed E-state index contributed by atoms with van der Waals surface area (Å²) in [6, 6.07) is 3.97. The monoisotopic (exact) mass is 292 g/mol. The average Bonchev–Trinajstić information content (AvgIpc) is 2.54. The smallest absolute Gasteiger partial charge is 0.356 e. The number of nitrogens with zero attached hydrogens (tertiary/aromatic N) is 1. The number of ether oxygens (including phenoxy) is 2. The summed E-state index contributed by atoms with van der Waals surface area (Å²) in [6.07, 6.45) is 5.62. The first-order chi connectivity index (χ1) is 10.1. The minimum atomic E-state index is -0.415. The zero-order valence-corrected chi connectivity index (χ0v) is 13.0. The lowest BCUT2D eigenvalue weighted by Gasteiger charge is -2.40. The molecule has 1 aliphatic heterocycles. The number of rotatable bonds is 5. The van der Waals surface area contributed by atoms with Gasteiger partial charge in [-0.2, -0.15) is 0 Å². The van der Waals surface area contributed by atoms with E-state index in [1.807, 2.05) is 6.07 Å². The summed E-state index contributed by atoms with van der Waals surface area (Å²) in [5, 5.41) is 3.50. The van der Waals surface area contributed by atoms with Gasteiger partial charge in [0, 0.05) is 24.5 Å². The van der Waals surface area contributed by atoms with Crippen molar-refractivity contribution < 1.29 is 14.3 Å². The van der Waals surface area contributed by atoms with Crippen molar-refractivity contribution >= 4 is 11.7 Å². The number of aromatic nitrogens is 1. The van der Waals surface area contributed by atoms with Crippen LogP contribution in [0.25, 0.3) is 0 Å². The Morgan fingerprint density at radius 2 is 2.29 bits per heavy atom. The molecule has 0 aliphatic carbocycles. The molecule has 1 aromatic heterocycles. The molecule has 0 radical (unpaired) electrons. The predicted octanol–water partition coefficient (Wildman–Crippen LogP) is 3.02. The molecule has 5 heteroatoms. The van der Waals surface area contributed by atoms with Crippen LogP contribution in [0.5, 0.6) is 0 Å². The summed E-state index contributed by atoms with van der Waals surface area (Å²) in [5.74, 6) is -0.415. The van der Waals surface area contributed by atoms with Gasteiger partial charge in [-0.1, -0.05) is 13.8 Å². The van der Waals surface area contributed by atoms with Gasteiger partial charge >= 0.3 is 5.97 Å². The lowest BCUT2D eigenvalue weighted by atomic mass is 9.86. The standard InChI is InChI=1S/C16H24N2O3/c1-4-16(5-2)11-13(7-9-21-16)18-12-6-8-17-14(10-12)15(19)20-3/h6,8,10,13H,4-5,7,9,11H2,1-3H3,(H,17,18). The number of carbonyl (C=O) groups is 1. The molecule has 1 fully saturated rings. The minimum Gasteiger partial charge on any atom is -0.464 e. The van der Waals surface area contributed by atoms with Crippen LogP contribution in [-0.4, -0.2) is 36.3 Å². The molecule has 0 aromatic carbocycles. The van der Waals surface area contributed by atoms with Crippen LogP contribution in [0.4, 0.5) is 5.69 Å². The quantitative estimate of drug-likeness (QED) is 0.845. The van der Waals surface area contributed by atoms with Gasteiger partial charge in [-0.15, -0.1) is 0 Å². The zero-order valence-electron chi connectivity index (χ0n) is 13.0. The molecule has 0 bridgehead atoms. The van der Waals surface area contributed by atoms with Crippen LogP contribution in [0.15, 0.2) is 18.3 Å². The molecular formula is C16H24N2O3. The summed E-state index contributed by atoms with van der Waals surface area (Å²) in [7, 11) is 1.36. The highest BCUT2D eigenvalue weighted by atomic mass is 16.5. The number of anilines is 1. The van der Waals surface area contributed by atoms with Crippen molar-refractivity contribution in [3.05, 3.63) is 24.0 Å². The Kier molecular flexibility index (Phi) is 5.17. The minimum absolute atomic E-state index is 0.0197. The molecule has 1 N–H and O–H groups in total. The van der Waals surface area contributed by atoms with E-state index in [4.69, 9.17) is 9.47 Å². The van der Waals surface area contributed by atoms with Crippen molar-refractivity contribution in [2.24, 2.45) is 0 Å². The lowest BCUT2D eigenvalue weighted by molar-refractivity contribution is -0.0864. The Bertz CT molecular complexity index is 486. The van der Waals surface area contributed by atoms with Crippen LogP contribution in [0, 0.1) is 0 Å². The van der Waals surface area contributed by atoms with Crippen molar-refractivity contribution in [3.63, 3.8) is 0 Å². The highest BCUT2D eigenvalue weighted by Gasteiger charge is 2.34. The summed E-state index contributed by atoms with van der Waals surface area (Å²) >= 11 is 0. The molecular weight excluding hydrogens is 268 g/mol. The van der Waals surface area contributed by atoms with Crippen molar-refractivity contribution in [1.29, 1.82) is 0 Å². The van der Waals surface area contributed by atoms with Gasteiger partial charge in [-0.3, -0.25) is 0 Å². The maximum atomic E-state index is 11.5. The predicted molar refractivity (Wildman–Crippen MR) is 81.5 cm³/mol. The van der Waals surface area contributed by atoms with Crippen LogP contribution in [0.2, 0.25) is 0 Å². The van der Waals surface area contributed by atoms with Crippen LogP contribution < -0.4 is 5.32 Å². The number of esters is 1. The molecule has 0 spiro atoms. The Labute approximate surface area is 126 Å². The molecule has 2 heterocycles. The van der Waals surface area contributed by atoms with Gasteiger partial charge in [0.1, 0.15) is 5.69 Å². The summed E-state index contributed by atoms with van der Waals surface area (Å²) < 4.78 is 10.7. The maximum Gasteiger partial charge on any atom is 0.356 e. The molecule has 0 amide bonds. The second-order valence-corrected chi connectivity index (χ2v) is 5.49.